The maximum atomic E-state index is 13.0. The Labute approximate surface area is 149 Å². The molecule has 5 heteroatoms. The lowest BCUT2D eigenvalue weighted by Crippen LogP contribution is -2.50. The Bertz CT molecular complexity index is 711. The Morgan fingerprint density at radius 2 is 2.08 bits per heavy atom. The molecule has 3 heterocycles. The Morgan fingerprint density at radius 1 is 1.20 bits per heavy atom. The number of hydrogen-bond acceptors (Lipinski definition) is 3. The van der Waals surface area contributed by atoms with E-state index in [1.807, 2.05) is 18.6 Å². The van der Waals surface area contributed by atoms with Crippen molar-refractivity contribution in [2.75, 3.05) is 13.1 Å². The number of nitrogens with zero attached hydrogens (tertiary/aromatic N) is 3. The summed E-state index contributed by atoms with van der Waals surface area (Å²) < 4.78 is 2.17. The van der Waals surface area contributed by atoms with Crippen LogP contribution in [0.4, 0.5) is 0 Å². The number of aryl methyl sites for hydroxylation is 1. The zero-order valence-corrected chi connectivity index (χ0v) is 14.6. The van der Waals surface area contributed by atoms with Gasteiger partial charge in [-0.1, -0.05) is 30.3 Å². The molecule has 2 aliphatic heterocycles. The van der Waals surface area contributed by atoms with Crippen molar-refractivity contribution in [2.24, 2.45) is 5.92 Å². The SMILES string of the molecule is O=C([C@@H]1CCn2cncc2C1)N1CCC[C@H](NCc2ccccc2)C1. The van der Waals surface area contributed by atoms with E-state index in [9.17, 15) is 4.79 Å². The largest absolute Gasteiger partial charge is 0.341 e. The Morgan fingerprint density at radius 3 is 2.96 bits per heavy atom. The average Bonchev–Trinajstić information content (AvgIpc) is 3.14. The second kappa shape index (κ2) is 7.40. The fourth-order valence-corrected chi connectivity index (χ4v) is 4.04. The number of amides is 1. The highest BCUT2D eigenvalue weighted by Crippen LogP contribution is 2.23. The van der Waals surface area contributed by atoms with Gasteiger partial charge < -0.3 is 14.8 Å². The van der Waals surface area contributed by atoms with Gasteiger partial charge in [-0.05, 0) is 24.8 Å². The maximum Gasteiger partial charge on any atom is 0.226 e. The molecule has 2 aromatic rings. The molecule has 0 aliphatic carbocycles. The summed E-state index contributed by atoms with van der Waals surface area (Å²) in [5, 5.41) is 3.63. The lowest BCUT2D eigenvalue weighted by molar-refractivity contribution is -0.137. The predicted molar refractivity (Wildman–Crippen MR) is 96.9 cm³/mol. The van der Waals surface area contributed by atoms with Crippen molar-refractivity contribution in [1.82, 2.24) is 19.8 Å². The van der Waals surface area contributed by atoms with Gasteiger partial charge >= 0.3 is 0 Å². The topological polar surface area (TPSA) is 50.2 Å². The summed E-state index contributed by atoms with van der Waals surface area (Å²) in [5.74, 6) is 0.454. The Hall–Kier alpha value is -2.14. The number of nitrogens with one attached hydrogen (secondary N) is 1. The standard InChI is InChI=1S/C20H26N4O/c25-20(17-8-10-24-15-21-13-19(24)11-17)23-9-4-7-18(14-23)22-12-16-5-2-1-3-6-16/h1-3,5-6,13,15,17-18,22H,4,7-12,14H2/t17-,18+/m1/s1. The lowest BCUT2D eigenvalue weighted by atomic mass is 9.93. The number of rotatable bonds is 4. The first kappa shape index (κ1) is 16.3. The summed E-state index contributed by atoms with van der Waals surface area (Å²) in [7, 11) is 0. The van der Waals surface area contributed by atoms with Crippen LogP contribution in [-0.4, -0.2) is 39.5 Å². The highest BCUT2D eigenvalue weighted by molar-refractivity contribution is 5.79. The van der Waals surface area contributed by atoms with Crippen molar-refractivity contribution in [3.8, 4) is 0 Å². The zero-order chi connectivity index (χ0) is 17.1. The molecule has 132 valence electrons. The molecule has 1 saturated heterocycles. The molecule has 2 aliphatic rings. The van der Waals surface area contributed by atoms with Crippen LogP contribution in [0.25, 0.3) is 0 Å². The maximum absolute atomic E-state index is 13.0. The highest BCUT2D eigenvalue weighted by Gasteiger charge is 2.31. The molecule has 5 nitrogen and oxygen atoms in total. The van der Waals surface area contributed by atoms with Crippen molar-refractivity contribution in [3.63, 3.8) is 0 Å². The van der Waals surface area contributed by atoms with Crippen LogP contribution in [0.3, 0.4) is 0 Å². The molecule has 1 aromatic heterocycles. The lowest BCUT2D eigenvalue weighted by Gasteiger charge is -2.36. The molecule has 0 unspecified atom stereocenters. The minimum Gasteiger partial charge on any atom is -0.341 e. The van der Waals surface area contributed by atoms with E-state index in [1.165, 1.54) is 11.3 Å². The van der Waals surface area contributed by atoms with E-state index < -0.39 is 0 Å². The van der Waals surface area contributed by atoms with Crippen molar-refractivity contribution in [2.45, 2.75) is 44.8 Å². The fraction of sp³-hybridized carbons (Fsp3) is 0.500. The summed E-state index contributed by atoms with van der Waals surface area (Å²) in [6.07, 6.45) is 7.77. The van der Waals surface area contributed by atoms with Gasteiger partial charge in [-0.3, -0.25) is 4.79 Å². The minimum atomic E-state index is 0.122. The van der Waals surface area contributed by atoms with Gasteiger partial charge in [0.25, 0.3) is 0 Å². The van der Waals surface area contributed by atoms with E-state index in [0.29, 0.717) is 11.9 Å². The molecule has 0 radical (unpaired) electrons. The summed E-state index contributed by atoms with van der Waals surface area (Å²) in [6.45, 7) is 3.52. The molecule has 2 atom stereocenters. The number of likely N-dealkylation sites (tertiary alicyclic amines) is 1. The first-order valence-corrected chi connectivity index (χ1v) is 9.34. The van der Waals surface area contributed by atoms with Crippen LogP contribution in [0, 0.1) is 5.92 Å². The first-order chi connectivity index (χ1) is 12.3. The molecular formula is C20H26N4O. The van der Waals surface area contributed by atoms with Crippen LogP contribution < -0.4 is 5.32 Å². The van der Waals surface area contributed by atoms with Gasteiger partial charge in [0.05, 0.1) is 6.33 Å². The van der Waals surface area contributed by atoms with Gasteiger partial charge in [-0.15, -0.1) is 0 Å². The van der Waals surface area contributed by atoms with Gasteiger partial charge in [-0.25, -0.2) is 4.98 Å². The Kier molecular flexibility index (Phi) is 4.83. The van der Waals surface area contributed by atoms with Crippen molar-refractivity contribution in [1.29, 1.82) is 0 Å². The first-order valence-electron chi connectivity index (χ1n) is 9.34. The normalized spacial score (nSPS) is 23.3. The van der Waals surface area contributed by atoms with Crippen molar-refractivity contribution in [3.05, 3.63) is 54.1 Å². The average molecular weight is 338 g/mol. The quantitative estimate of drug-likeness (QED) is 0.930. The third-order valence-electron chi connectivity index (χ3n) is 5.49. The summed E-state index contributed by atoms with van der Waals surface area (Å²) in [4.78, 5) is 19.3. The number of piperidine rings is 1. The molecule has 0 bridgehead atoms. The zero-order valence-electron chi connectivity index (χ0n) is 14.6. The smallest absolute Gasteiger partial charge is 0.226 e. The second-order valence-electron chi connectivity index (χ2n) is 7.26. The summed E-state index contributed by atoms with van der Waals surface area (Å²) >= 11 is 0. The number of benzene rings is 1. The van der Waals surface area contributed by atoms with Crippen LogP contribution >= 0.6 is 0 Å². The Balaban J connectivity index is 1.32. The number of aromatic nitrogens is 2. The van der Waals surface area contributed by atoms with Gasteiger partial charge in [0.2, 0.25) is 5.91 Å². The fourth-order valence-electron chi connectivity index (χ4n) is 4.04. The third kappa shape index (κ3) is 3.76. The van der Waals surface area contributed by atoms with Crippen LogP contribution in [-0.2, 0) is 24.3 Å². The van der Waals surface area contributed by atoms with Gasteiger partial charge in [0.15, 0.2) is 0 Å². The van der Waals surface area contributed by atoms with Gasteiger partial charge in [0, 0.05) is 56.5 Å². The van der Waals surface area contributed by atoms with Gasteiger partial charge in [0.1, 0.15) is 0 Å². The van der Waals surface area contributed by atoms with E-state index in [2.05, 4.69) is 44.0 Å². The second-order valence-corrected chi connectivity index (χ2v) is 7.26. The monoisotopic (exact) mass is 338 g/mol. The number of hydrogen-bond donors (Lipinski definition) is 1. The molecule has 1 amide bonds. The van der Waals surface area contributed by atoms with Crippen molar-refractivity contribution >= 4 is 5.91 Å². The summed E-state index contributed by atoms with van der Waals surface area (Å²) in [6, 6.07) is 10.9. The van der Waals surface area contributed by atoms with Crippen molar-refractivity contribution < 1.29 is 4.79 Å². The van der Waals surface area contributed by atoms with Crippen LogP contribution in [0.1, 0.15) is 30.5 Å². The molecule has 1 aromatic carbocycles. The number of fused-ring (bicyclic) bond motifs is 1. The van der Waals surface area contributed by atoms with E-state index in [0.717, 1.165) is 51.9 Å². The number of imidazole rings is 1. The van der Waals surface area contributed by atoms with E-state index in [1.54, 1.807) is 0 Å². The predicted octanol–water partition coefficient (Wildman–Crippen LogP) is 2.23. The molecule has 25 heavy (non-hydrogen) atoms. The van der Waals surface area contributed by atoms with Crippen LogP contribution in [0.15, 0.2) is 42.9 Å². The van der Waals surface area contributed by atoms with E-state index in [-0.39, 0.29) is 5.92 Å². The minimum absolute atomic E-state index is 0.122. The molecule has 4 rings (SSSR count). The molecule has 0 saturated carbocycles. The number of carbonyl (C=O) groups is 1. The third-order valence-corrected chi connectivity index (χ3v) is 5.49. The van der Waals surface area contributed by atoms with Crippen LogP contribution in [0.2, 0.25) is 0 Å². The van der Waals surface area contributed by atoms with E-state index in [4.69, 9.17) is 0 Å². The van der Waals surface area contributed by atoms with Gasteiger partial charge in [-0.2, -0.15) is 0 Å². The highest BCUT2D eigenvalue weighted by atomic mass is 16.2. The molecule has 1 N–H and O–H groups in total. The number of carbonyl (C=O) groups excluding carboxylic acids is 1. The van der Waals surface area contributed by atoms with E-state index >= 15 is 0 Å². The molecular weight excluding hydrogens is 312 g/mol. The molecule has 1 fully saturated rings. The summed E-state index contributed by atoms with van der Waals surface area (Å²) in [5.41, 5.74) is 2.49. The van der Waals surface area contributed by atoms with Crippen LogP contribution in [0.5, 0.6) is 0 Å². The molecule has 0 spiro atoms.